The number of hydrogen-bond donors (Lipinski definition) is 2. The molecule has 0 aliphatic carbocycles. The largest absolute Gasteiger partial charge is 0.441 e. The zero-order valence-corrected chi connectivity index (χ0v) is 13.0. The number of H-pyrrole nitrogens is 1. The number of amides is 1. The Kier molecular flexibility index (Phi) is 4.85. The van der Waals surface area contributed by atoms with E-state index in [1.54, 1.807) is 7.05 Å². The van der Waals surface area contributed by atoms with Crippen LogP contribution in [0.25, 0.3) is 0 Å². The molecule has 0 aliphatic rings. The molecule has 6 nitrogen and oxygen atoms in total. The number of para-hydroxylation sites is 1. The van der Waals surface area contributed by atoms with Crippen LogP contribution in [0.15, 0.2) is 32.5 Å². The highest BCUT2D eigenvalue weighted by Gasteiger charge is 2.19. The van der Waals surface area contributed by atoms with Gasteiger partial charge >= 0.3 is 10.7 Å². The fraction of sp³-hybridized carbons (Fsp3) is 0.357. The summed E-state index contributed by atoms with van der Waals surface area (Å²) < 4.78 is 6.08. The molecule has 1 aromatic carbocycles. The number of aryl methyl sites for hydroxylation is 3. The molecule has 1 amide bonds. The van der Waals surface area contributed by atoms with Gasteiger partial charge in [0.15, 0.2) is 7.05 Å². The molecule has 0 spiro atoms. The summed E-state index contributed by atoms with van der Waals surface area (Å²) in [5.41, 5.74) is 2.51. The first-order valence-corrected chi connectivity index (χ1v) is 7.60. The van der Waals surface area contributed by atoms with E-state index in [1.807, 2.05) is 32.0 Å². The third-order valence-electron chi connectivity index (χ3n) is 3.10. The average Bonchev–Trinajstić information content (AvgIpc) is 2.78. The summed E-state index contributed by atoms with van der Waals surface area (Å²) in [5.74, 6) is -0.00175. The number of aromatic amines is 1. The highest BCUT2D eigenvalue weighted by molar-refractivity contribution is 7.99. The predicted octanol–water partition coefficient (Wildman–Crippen LogP) is 1.39. The standard InChI is InChI=1S/C14H17N3O3S/c1-4-10-7-5-6-9(2)12(10)15-11(18)8-21-13-14(19)20-16-17(13)3/h5-7H,4,8H2,1-3H3,(H-,15,16,18,19)/p+1. The highest BCUT2D eigenvalue weighted by atomic mass is 32.2. The first kappa shape index (κ1) is 15.4. The third-order valence-corrected chi connectivity index (χ3v) is 4.22. The number of hydrogen-bond acceptors (Lipinski definition) is 4. The zero-order valence-electron chi connectivity index (χ0n) is 12.2. The number of nitrogens with one attached hydrogen (secondary N) is 2. The molecule has 2 N–H and O–H groups in total. The number of nitrogens with zero attached hydrogens (tertiary/aromatic N) is 1. The minimum Gasteiger partial charge on any atom is -0.325 e. The van der Waals surface area contributed by atoms with E-state index in [2.05, 4.69) is 15.1 Å². The van der Waals surface area contributed by atoms with E-state index in [0.717, 1.165) is 35.0 Å². The molecule has 2 rings (SSSR count). The van der Waals surface area contributed by atoms with E-state index in [4.69, 9.17) is 0 Å². The molecule has 21 heavy (non-hydrogen) atoms. The lowest BCUT2D eigenvalue weighted by Crippen LogP contribution is -2.34. The number of carbonyl (C=O) groups excluding carboxylic acids is 1. The van der Waals surface area contributed by atoms with Gasteiger partial charge in [0.1, 0.15) is 0 Å². The second-order valence-corrected chi connectivity index (χ2v) is 5.61. The Bertz CT molecular complexity index is 706. The van der Waals surface area contributed by atoms with Gasteiger partial charge in [0, 0.05) is 5.69 Å². The number of anilines is 1. The van der Waals surface area contributed by atoms with E-state index >= 15 is 0 Å². The van der Waals surface area contributed by atoms with Crippen LogP contribution >= 0.6 is 11.8 Å². The molecule has 0 atom stereocenters. The molecule has 0 bridgehead atoms. The van der Waals surface area contributed by atoms with Crippen LogP contribution in [0.4, 0.5) is 5.69 Å². The Morgan fingerprint density at radius 3 is 2.86 bits per heavy atom. The molecule has 0 saturated carbocycles. The van der Waals surface area contributed by atoms with Gasteiger partial charge in [-0.05, 0) is 41.5 Å². The fourth-order valence-corrected chi connectivity index (χ4v) is 2.73. The van der Waals surface area contributed by atoms with Crippen molar-refractivity contribution in [2.45, 2.75) is 25.3 Å². The molecule has 0 aliphatic heterocycles. The Morgan fingerprint density at radius 1 is 1.48 bits per heavy atom. The fourth-order valence-electron chi connectivity index (χ4n) is 2.00. The minimum absolute atomic E-state index is 0.147. The molecular weight excluding hydrogens is 290 g/mol. The minimum atomic E-state index is -0.472. The van der Waals surface area contributed by atoms with E-state index in [9.17, 15) is 9.59 Å². The lowest BCUT2D eigenvalue weighted by Gasteiger charge is -2.12. The van der Waals surface area contributed by atoms with Crippen molar-refractivity contribution in [3.8, 4) is 0 Å². The van der Waals surface area contributed by atoms with Crippen LogP contribution in [0.3, 0.4) is 0 Å². The van der Waals surface area contributed by atoms with E-state index in [-0.39, 0.29) is 11.7 Å². The molecule has 1 aromatic heterocycles. The van der Waals surface area contributed by atoms with Crippen molar-refractivity contribution in [2.24, 2.45) is 7.05 Å². The number of aromatic nitrogens is 2. The summed E-state index contributed by atoms with van der Waals surface area (Å²) in [6, 6.07) is 5.93. The van der Waals surface area contributed by atoms with Crippen LogP contribution in [0.5, 0.6) is 0 Å². The van der Waals surface area contributed by atoms with Crippen LogP contribution in [-0.4, -0.2) is 16.9 Å². The molecule has 7 heteroatoms. The second-order valence-electron chi connectivity index (χ2n) is 4.64. The van der Waals surface area contributed by atoms with Crippen LogP contribution in [0.1, 0.15) is 18.1 Å². The summed E-state index contributed by atoms with van der Waals surface area (Å²) >= 11 is 1.14. The van der Waals surface area contributed by atoms with Crippen LogP contribution in [-0.2, 0) is 18.3 Å². The second kappa shape index (κ2) is 6.62. The highest BCUT2D eigenvalue weighted by Crippen LogP contribution is 2.21. The predicted molar refractivity (Wildman–Crippen MR) is 80.4 cm³/mol. The van der Waals surface area contributed by atoms with E-state index in [1.165, 1.54) is 4.68 Å². The molecule has 0 saturated heterocycles. The Morgan fingerprint density at radius 2 is 2.24 bits per heavy atom. The lowest BCUT2D eigenvalue weighted by atomic mass is 10.1. The van der Waals surface area contributed by atoms with Crippen LogP contribution in [0.2, 0.25) is 0 Å². The summed E-state index contributed by atoms with van der Waals surface area (Å²) in [5, 5.41) is 5.70. The van der Waals surface area contributed by atoms with Gasteiger partial charge in [0.05, 0.1) is 5.75 Å². The van der Waals surface area contributed by atoms with Gasteiger partial charge in [-0.25, -0.2) is 4.79 Å². The van der Waals surface area contributed by atoms with Crippen molar-refractivity contribution in [2.75, 3.05) is 11.1 Å². The smallest absolute Gasteiger partial charge is 0.325 e. The van der Waals surface area contributed by atoms with Crippen molar-refractivity contribution in [1.29, 1.82) is 0 Å². The Hall–Kier alpha value is -2.02. The van der Waals surface area contributed by atoms with Crippen molar-refractivity contribution >= 4 is 23.4 Å². The first-order chi connectivity index (χ1) is 10.0. The summed E-state index contributed by atoms with van der Waals surface area (Å²) in [4.78, 5) is 23.5. The maximum absolute atomic E-state index is 12.1. The number of rotatable bonds is 5. The summed E-state index contributed by atoms with van der Waals surface area (Å²) in [6.45, 7) is 4.01. The van der Waals surface area contributed by atoms with Crippen molar-refractivity contribution in [3.05, 3.63) is 39.7 Å². The molecule has 0 radical (unpaired) electrons. The summed E-state index contributed by atoms with van der Waals surface area (Å²) in [6.07, 6.45) is 0.848. The summed E-state index contributed by atoms with van der Waals surface area (Å²) in [7, 11) is 1.65. The van der Waals surface area contributed by atoms with Gasteiger partial charge in [-0.2, -0.15) is 0 Å². The van der Waals surface area contributed by atoms with Crippen LogP contribution < -0.4 is 15.6 Å². The molecule has 112 valence electrons. The van der Waals surface area contributed by atoms with Gasteiger partial charge in [-0.3, -0.25) is 9.32 Å². The Balaban J connectivity index is 2.05. The third kappa shape index (κ3) is 3.55. The van der Waals surface area contributed by atoms with Gasteiger partial charge in [0.2, 0.25) is 5.91 Å². The topological polar surface area (TPSA) is 79.0 Å². The molecule has 0 fully saturated rings. The van der Waals surface area contributed by atoms with Gasteiger partial charge < -0.3 is 5.32 Å². The SMILES string of the molecule is CCc1cccc(C)c1NC(=O)CSc1c(=O)o[nH][n+]1C. The molecule has 1 heterocycles. The normalized spacial score (nSPS) is 10.6. The number of thioether (sulfide) groups is 1. The van der Waals surface area contributed by atoms with Crippen molar-refractivity contribution in [1.82, 2.24) is 5.27 Å². The zero-order chi connectivity index (χ0) is 15.4. The average molecular weight is 308 g/mol. The maximum Gasteiger partial charge on any atom is 0.441 e. The van der Waals surface area contributed by atoms with Gasteiger partial charge in [0.25, 0.3) is 0 Å². The van der Waals surface area contributed by atoms with Gasteiger partial charge in [-0.15, -0.1) is 0 Å². The lowest BCUT2D eigenvalue weighted by molar-refractivity contribution is -0.772. The van der Waals surface area contributed by atoms with Gasteiger partial charge in [-0.1, -0.05) is 29.8 Å². The number of carbonyl (C=O) groups is 1. The monoisotopic (exact) mass is 308 g/mol. The van der Waals surface area contributed by atoms with Crippen LogP contribution in [0, 0.1) is 6.92 Å². The van der Waals surface area contributed by atoms with E-state index in [0.29, 0.717) is 5.03 Å². The quantitative estimate of drug-likeness (QED) is 0.646. The molecular formula is C14H18N3O3S+. The molecule has 0 unspecified atom stereocenters. The maximum atomic E-state index is 12.1. The van der Waals surface area contributed by atoms with E-state index < -0.39 is 5.63 Å². The first-order valence-electron chi connectivity index (χ1n) is 6.61. The Labute approximate surface area is 126 Å². The molecule has 2 aromatic rings. The number of benzene rings is 1. The van der Waals surface area contributed by atoms with Crippen molar-refractivity contribution < 1.29 is 14.0 Å². The van der Waals surface area contributed by atoms with Crippen molar-refractivity contribution in [3.63, 3.8) is 0 Å².